The van der Waals surface area contributed by atoms with Gasteiger partial charge >= 0.3 is 0 Å². The number of amides is 1. The Hall–Kier alpha value is -3.54. The van der Waals surface area contributed by atoms with Gasteiger partial charge in [-0.25, -0.2) is 4.98 Å². The van der Waals surface area contributed by atoms with Gasteiger partial charge in [-0.15, -0.1) is 0 Å². The number of para-hydroxylation sites is 3. The fraction of sp³-hybridized carbons (Fsp3) is 0.182. The van der Waals surface area contributed by atoms with E-state index in [0.29, 0.717) is 18.7 Å². The number of methoxy groups -OCH3 is 2. The highest BCUT2D eigenvalue weighted by atomic mass is 16.5. The highest BCUT2D eigenvalue weighted by Gasteiger charge is 2.09. The van der Waals surface area contributed by atoms with Crippen LogP contribution in [0.2, 0.25) is 0 Å². The molecule has 0 aliphatic heterocycles. The minimum atomic E-state index is -0.210. The SMILES string of the molecule is COc1ccccc1CCNC(=O)c1ccc(Nc2ccccc2OC)cn1. The summed E-state index contributed by atoms with van der Waals surface area (Å²) in [6.07, 6.45) is 2.31. The number of rotatable bonds is 8. The Bertz CT molecular complexity index is 926. The lowest BCUT2D eigenvalue weighted by Crippen LogP contribution is -2.26. The Labute approximate surface area is 164 Å². The van der Waals surface area contributed by atoms with Crippen molar-refractivity contribution in [3.63, 3.8) is 0 Å². The topological polar surface area (TPSA) is 72.5 Å². The van der Waals surface area contributed by atoms with Gasteiger partial charge in [-0.1, -0.05) is 30.3 Å². The molecule has 144 valence electrons. The molecular weight excluding hydrogens is 354 g/mol. The van der Waals surface area contributed by atoms with Crippen molar-refractivity contribution in [2.24, 2.45) is 0 Å². The number of pyridine rings is 1. The van der Waals surface area contributed by atoms with Crippen molar-refractivity contribution in [2.45, 2.75) is 6.42 Å². The van der Waals surface area contributed by atoms with Gasteiger partial charge in [0.2, 0.25) is 0 Å². The second-order valence-electron chi connectivity index (χ2n) is 6.08. The first-order valence-electron chi connectivity index (χ1n) is 8.97. The second-order valence-corrected chi connectivity index (χ2v) is 6.08. The molecule has 2 N–H and O–H groups in total. The average molecular weight is 377 g/mol. The van der Waals surface area contributed by atoms with E-state index in [-0.39, 0.29) is 5.91 Å². The molecule has 3 aromatic rings. The average Bonchev–Trinajstić information content (AvgIpc) is 2.75. The molecule has 0 atom stereocenters. The first-order chi connectivity index (χ1) is 13.7. The standard InChI is InChI=1S/C22H23N3O3/c1-27-20-9-5-3-7-16(20)13-14-23-22(26)19-12-11-17(15-24-19)25-18-8-4-6-10-21(18)28-2/h3-12,15,25H,13-14H2,1-2H3,(H,23,26). The minimum absolute atomic E-state index is 0.210. The maximum atomic E-state index is 12.3. The minimum Gasteiger partial charge on any atom is -0.496 e. The number of hydrogen-bond acceptors (Lipinski definition) is 5. The largest absolute Gasteiger partial charge is 0.496 e. The fourth-order valence-corrected chi connectivity index (χ4v) is 2.82. The van der Waals surface area contributed by atoms with Gasteiger partial charge < -0.3 is 20.1 Å². The summed E-state index contributed by atoms with van der Waals surface area (Å²) in [6, 6.07) is 18.9. The first-order valence-corrected chi connectivity index (χ1v) is 8.97. The zero-order valence-electron chi connectivity index (χ0n) is 15.9. The third-order valence-corrected chi connectivity index (χ3v) is 4.25. The van der Waals surface area contributed by atoms with Crippen LogP contribution in [0.4, 0.5) is 11.4 Å². The van der Waals surface area contributed by atoms with E-state index in [9.17, 15) is 4.79 Å². The molecule has 1 heterocycles. The number of aromatic nitrogens is 1. The van der Waals surface area contributed by atoms with Gasteiger partial charge in [0.25, 0.3) is 5.91 Å². The van der Waals surface area contributed by atoms with Crippen LogP contribution >= 0.6 is 0 Å². The van der Waals surface area contributed by atoms with Gasteiger partial charge in [-0.05, 0) is 42.3 Å². The van der Waals surface area contributed by atoms with Crippen molar-refractivity contribution in [2.75, 3.05) is 26.1 Å². The molecule has 3 rings (SSSR count). The van der Waals surface area contributed by atoms with Gasteiger partial charge in [0.1, 0.15) is 17.2 Å². The maximum Gasteiger partial charge on any atom is 0.269 e. The van der Waals surface area contributed by atoms with Gasteiger partial charge in [-0.2, -0.15) is 0 Å². The molecule has 1 aromatic heterocycles. The number of nitrogens with one attached hydrogen (secondary N) is 2. The summed E-state index contributed by atoms with van der Waals surface area (Å²) in [6.45, 7) is 0.502. The maximum absolute atomic E-state index is 12.3. The van der Waals surface area contributed by atoms with Crippen LogP contribution in [0.5, 0.6) is 11.5 Å². The Morgan fingerprint density at radius 3 is 2.36 bits per heavy atom. The summed E-state index contributed by atoms with van der Waals surface area (Å²) in [5.74, 6) is 1.35. The van der Waals surface area contributed by atoms with Crippen LogP contribution in [0.1, 0.15) is 16.1 Å². The molecule has 0 radical (unpaired) electrons. The van der Waals surface area contributed by atoms with Crippen molar-refractivity contribution >= 4 is 17.3 Å². The molecule has 6 heteroatoms. The van der Waals surface area contributed by atoms with Crippen molar-refractivity contribution in [1.82, 2.24) is 10.3 Å². The number of hydrogen-bond donors (Lipinski definition) is 2. The smallest absolute Gasteiger partial charge is 0.269 e. The van der Waals surface area contributed by atoms with Crippen LogP contribution in [-0.4, -0.2) is 31.7 Å². The molecule has 0 bridgehead atoms. The van der Waals surface area contributed by atoms with E-state index in [1.165, 1.54) is 0 Å². The van der Waals surface area contributed by atoms with E-state index < -0.39 is 0 Å². The number of anilines is 2. The summed E-state index contributed by atoms with van der Waals surface area (Å²) in [5.41, 5.74) is 3.02. The van der Waals surface area contributed by atoms with E-state index in [1.807, 2.05) is 54.6 Å². The van der Waals surface area contributed by atoms with E-state index in [2.05, 4.69) is 15.6 Å². The summed E-state index contributed by atoms with van der Waals surface area (Å²) in [7, 11) is 3.26. The number of nitrogens with zero attached hydrogens (tertiary/aromatic N) is 1. The lowest BCUT2D eigenvalue weighted by molar-refractivity contribution is 0.0949. The molecule has 0 aliphatic carbocycles. The van der Waals surface area contributed by atoms with Crippen LogP contribution in [0.15, 0.2) is 66.9 Å². The second kappa shape index (κ2) is 9.41. The highest BCUT2D eigenvalue weighted by molar-refractivity contribution is 5.92. The summed E-state index contributed by atoms with van der Waals surface area (Å²) >= 11 is 0. The first kappa shape index (κ1) is 19.2. The van der Waals surface area contributed by atoms with Crippen molar-refractivity contribution in [3.05, 3.63) is 78.1 Å². The molecular formula is C22H23N3O3. The lowest BCUT2D eigenvalue weighted by atomic mass is 10.1. The van der Waals surface area contributed by atoms with E-state index >= 15 is 0 Å². The van der Waals surface area contributed by atoms with Crippen molar-refractivity contribution < 1.29 is 14.3 Å². The quantitative estimate of drug-likeness (QED) is 0.624. The van der Waals surface area contributed by atoms with E-state index in [4.69, 9.17) is 9.47 Å². The normalized spacial score (nSPS) is 10.2. The monoisotopic (exact) mass is 377 g/mol. The predicted octanol–water partition coefficient (Wildman–Crippen LogP) is 3.81. The lowest BCUT2D eigenvalue weighted by Gasteiger charge is -2.11. The third-order valence-electron chi connectivity index (χ3n) is 4.25. The molecule has 28 heavy (non-hydrogen) atoms. The van der Waals surface area contributed by atoms with Crippen molar-refractivity contribution in [3.8, 4) is 11.5 Å². The fourth-order valence-electron chi connectivity index (χ4n) is 2.82. The van der Waals surface area contributed by atoms with Crippen molar-refractivity contribution in [1.29, 1.82) is 0 Å². The Kier molecular flexibility index (Phi) is 6.46. The predicted molar refractivity (Wildman–Crippen MR) is 110 cm³/mol. The molecule has 6 nitrogen and oxygen atoms in total. The molecule has 0 saturated heterocycles. The molecule has 0 unspecified atom stereocenters. The van der Waals surface area contributed by atoms with Gasteiger partial charge in [0.15, 0.2) is 0 Å². The van der Waals surface area contributed by atoms with Crippen LogP contribution in [0.25, 0.3) is 0 Å². The Balaban J connectivity index is 1.56. The van der Waals surface area contributed by atoms with Gasteiger partial charge in [0, 0.05) is 6.54 Å². The van der Waals surface area contributed by atoms with E-state index in [0.717, 1.165) is 28.4 Å². The number of carbonyl (C=O) groups excluding carboxylic acids is 1. The Morgan fingerprint density at radius 2 is 1.64 bits per heavy atom. The summed E-state index contributed by atoms with van der Waals surface area (Å²) in [5, 5.41) is 6.12. The zero-order valence-corrected chi connectivity index (χ0v) is 15.9. The van der Waals surface area contributed by atoms with E-state index in [1.54, 1.807) is 26.5 Å². The Morgan fingerprint density at radius 1 is 0.929 bits per heavy atom. The van der Waals surface area contributed by atoms with Crippen LogP contribution < -0.4 is 20.1 Å². The number of carbonyl (C=O) groups is 1. The van der Waals surface area contributed by atoms with Gasteiger partial charge in [-0.3, -0.25) is 4.79 Å². The summed E-state index contributed by atoms with van der Waals surface area (Å²) in [4.78, 5) is 16.6. The van der Waals surface area contributed by atoms with Crippen LogP contribution in [0, 0.1) is 0 Å². The molecule has 0 aliphatic rings. The molecule has 0 saturated carbocycles. The highest BCUT2D eigenvalue weighted by Crippen LogP contribution is 2.26. The molecule has 2 aromatic carbocycles. The van der Waals surface area contributed by atoms with Crippen LogP contribution in [-0.2, 0) is 6.42 Å². The zero-order chi connectivity index (χ0) is 19.8. The summed E-state index contributed by atoms with van der Waals surface area (Å²) < 4.78 is 10.6. The number of benzene rings is 2. The number of ether oxygens (including phenoxy) is 2. The molecule has 1 amide bonds. The van der Waals surface area contributed by atoms with Gasteiger partial charge in [0.05, 0.1) is 31.8 Å². The molecule has 0 fully saturated rings. The molecule has 0 spiro atoms. The third kappa shape index (κ3) is 4.79. The van der Waals surface area contributed by atoms with Crippen LogP contribution in [0.3, 0.4) is 0 Å².